The average molecular weight is 357 g/mol. The maximum absolute atomic E-state index is 12.9. The van der Waals surface area contributed by atoms with Crippen molar-refractivity contribution in [2.75, 3.05) is 26.7 Å². The predicted molar refractivity (Wildman–Crippen MR) is 89.2 cm³/mol. The number of piperidine rings is 1. The van der Waals surface area contributed by atoms with Crippen molar-refractivity contribution in [2.45, 2.75) is 36.6 Å². The minimum Gasteiger partial charge on any atom is -0.341 e. The van der Waals surface area contributed by atoms with E-state index in [4.69, 9.17) is 5.73 Å². The Morgan fingerprint density at radius 3 is 2.67 bits per heavy atom. The molecule has 134 valence electrons. The maximum Gasteiger partial charge on any atom is 0.242 e. The summed E-state index contributed by atoms with van der Waals surface area (Å²) in [6.07, 6.45) is 2.56. The van der Waals surface area contributed by atoms with Gasteiger partial charge in [0, 0.05) is 39.1 Å². The fourth-order valence-corrected chi connectivity index (χ4v) is 3.96. The van der Waals surface area contributed by atoms with E-state index in [1.54, 1.807) is 4.90 Å². The Kier molecular flexibility index (Phi) is 6.31. The second-order valence-electron chi connectivity index (χ2n) is 6.13. The summed E-state index contributed by atoms with van der Waals surface area (Å²) in [6.45, 7) is 1.52. The highest BCUT2D eigenvalue weighted by Gasteiger charge is 2.23. The molecule has 2 rings (SSSR count). The van der Waals surface area contributed by atoms with Crippen LogP contribution in [0.3, 0.4) is 0 Å². The first-order chi connectivity index (χ1) is 11.3. The highest BCUT2D eigenvalue weighted by Crippen LogP contribution is 2.16. The Labute approximate surface area is 142 Å². The first-order valence-corrected chi connectivity index (χ1v) is 9.50. The van der Waals surface area contributed by atoms with E-state index in [1.165, 1.54) is 23.5 Å². The maximum atomic E-state index is 12.9. The van der Waals surface area contributed by atoms with E-state index in [9.17, 15) is 17.6 Å². The van der Waals surface area contributed by atoms with Gasteiger partial charge in [-0.15, -0.1) is 0 Å². The van der Waals surface area contributed by atoms with Crippen LogP contribution < -0.4 is 5.73 Å². The van der Waals surface area contributed by atoms with E-state index in [1.807, 2.05) is 0 Å². The number of nitrogens with two attached hydrogens (primary N) is 1. The van der Waals surface area contributed by atoms with Crippen LogP contribution in [-0.2, 0) is 14.8 Å². The van der Waals surface area contributed by atoms with Crippen LogP contribution >= 0.6 is 0 Å². The van der Waals surface area contributed by atoms with Gasteiger partial charge in [-0.3, -0.25) is 4.79 Å². The van der Waals surface area contributed by atoms with Gasteiger partial charge in [-0.2, -0.15) is 0 Å². The first-order valence-electron chi connectivity index (χ1n) is 8.06. The van der Waals surface area contributed by atoms with Gasteiger partial charge in [-0.1, -0.05) is 0 Å². The van der Waals surface area contributed by atoms with Crippen molar-refractivity contribution >= 4 is 15.9 Å². The molecule has 1 aliphatic rings. The topological polar surface area (TPSA) is 83.7 Å². The van der Waals surface area contributed by atoms with Crippen LogP contribution in [-0.4, -0.2) is 56.3 Å². The minimum atomic E-state index is -3.67. The fourth-order valence-electron chi connectivity index (χ4n) is 2.75. The summed E-state index contributed by atoms with van der Waals surface area (Å²) in [4.78, 5) is 13.9. The summed E-state index contributed by atoms with van der Waals surface area (Å²) in [5.41, 5.74) is 5.86. The Bertz CT molecular complexity index is 664. The number of carbonyl (C=O) groups is 1. The van der Waals surface area contributed by atoms with Crippen LogP contribution in [0.1, 0.15) is 25.7 Å². The van der Waals surface area contributed by atoms with Gasteiger partial charge in [0.1, 0.15) is 5.82 Å². The zero-order valence-electron chi connectivity index (χ0n) is 13.8. The number of carbonyl (C=O) groups excluding carboxylic acids is 1. The molecule has 0 saturated carbocycles. The first kappa shape index (κ1) is 18.8. The molecule has 24 heavy (non-hydrogen) atoms. The van der Waals surface area contributed by atoms with E-state index in [-0.39, 0.29) is 29.8 Å². The average Bonchev–Trinajstić information content (AvgIpc) is 2.55. The molecule has 2 N–H and O–H groups in total. The van der Waals surface area contributed by atoms with E-state index in [0.717, 1.165) is 31.5 Å². The molecule has 6 nitrogen and oxygen atoms in total. The third kappa shape index (κ3) is 4.75. The van der Waals surface area contributed by atoms with Crippen LogP contribution in [0.5, 0.6) is 0 Å². The molecule has 1 aliphatic heterocycles. The van der Waals surface area contributed by atoms with Crippen molar-refractivity contribution in [2.24, 2.45) is 5.73 Å². The van der Waals surface area contributed by atoms with Crippen molar-refractivity contribution in [3.05, 3.63) is 30.1 Å². The number of hydrogen-bond acceptors (Lipinski definition) is 4. The van der Waals surface area contributed by atoms with Gasteiger partial charge in [0.15, 0.2) is 0 Å². The summed E-state index contributed by atoms with van der Waals surface area (Å²) in [6, 6.07) is 4.74. The standard InChI is InChI=1S/C16H24FN3O3S/c1-19(24(22,23)15-8-6-13(17)7-9-15)10-3-5-16(21)20-11-2-4-14(18)12-20/h6-9,14H,2-5,10-12,18H2,1H3. The van der Waals surface area contributed by atoms with Crippen molar-refractivity contribution < 1.29 is 17.6 Å². The molecular formula is C16H24FN3O3S. The predicted octanol–water partition coefficient (Wildman–Crippen LogP) is 1.18. The number of sulfonamides is 1. The van der Waals surface area contributed by atoms with Gasteiger partial charge in [-0.05, 0) is 43.5 Å². The molecular weight excluding hydrogens is 333 g/mol. The van der Waals surface area contributed by atoms with Crippen molar-refractivity contribution in [3.63, 3.8) is 0 Å². The van der Waals surface area contributed by atoms with Gasteiger partial charge in [0.05, 0.1) is 4.90 Å². The van der Waals surface area contributed by atoms with Crippen LogP contribution in [0.2, 0.25) is 0 Å². The number of halogens is 1. The van der Waals surface area contributed by atoms with E-state index in [0.29, 0.717) is 13.0 Å². The molecule has 1 aromatic carbocycles. The summed E-state index contributed by atoms with van der Waals surface area (Å²) in [5.74, 6) is -0.473. The molecule has 0 bridgehead atoms. The minimum absolute atomic E-state index is 0.0118. The van der Waals surface area contributed by atoms with Crippen LogP contribution in [0.4, 0.5) is 4.39 Å². The summed E-state index contributed by atoms with van der Waals surface area (Å²) < 4.78 is 38.8. The normalized spacial score (nSPS) is 18.8. The monoisotopic (exact) mass is 357 g/mol. The molecule has 1 unspecified atom stereocenters. The summed E-state index contributed by atoms with van der Waals surface area (Å²) in [5, 5.41) is 0. The second-order valence-corrected chi connectivity index (χ2v) is 8.17. The van der Waals surface area contributed by atoms with Crippen LogP contribution in [0.25, 0.3) is 0 Å². The van der Waals surface area contributed by atoms with Crippen molar-refractivity contribution in [1.82, 2.24) is 9.21 Å². The third-order valence-electron chi connectivity index (χ3n) is 4.20. The smallest absolute Gasteiger partial charge is 0.242 e. The second kappa shape index (κ2) is 8.04. The van der Waals surface area contributed by atoms with E-state index >= 15 is 0 Å². The number of hydrogen-bond donors (Lipinski definition) is 1. The number of nitrogens with zero attached hydrogens (tertiary/aromatic N) is 2. The van der Waals surface area contributed by atoms with Gasteiger partial charge < -0.3 is 10.6 Å². The number of likely N-dealkylation sites (tertiary alicyclic amines) is 1. The molecule has 1 atom stereocenters. The lowest BCUT2D eigenvalue weighted by Gasteiger charge is -2.31. The largest absolute Gasteiger partial charge is 0.341 e. The zero-order chi connectivity index (χ0) is 17.7. The Hall–Kier alpha value is -1.51. The number of rotatable bonds is 6. The van der Waals surface area contributed by atoms with Crippen molar-refractivity contribution in [1.29, 1.82) is 0 Å². The van der Waals surface area contributed by atoms with Crippen LogP contribution in [0, 0.1) is 5.82 Å². The lowest BCUT2D eigenvalue weighted by atomic mass is 10.1. The Balaban J connectivity index is 1.85. The zero-order valence-corrected chi connectivity index (χ0v) is 14.6. The molecule has 8 heteroatoms. The Morgan fingerprint density at radius 2 is 2.04 bits per heavy atom. The highest BCUT2D eigenvalue weighted by atomic mass is 32.2. The summed E-state index contributed by atoms with van der Waals surface area (Å²) in [7, 11) is -2.21. The van der Waals surface area contributed by atoms with Gasteiger partial charge in [0.2, 0.25) is 15.9 Å². The van der Waals surface area contributed by atoms with Crippen molar-refractivity contribution in [3.8, 4) is 0 Å². The number of benzene rings is 1. The fraction of sp³-hybridized carbons (Fsp3) is 0.562. The highest BCUT2D eigenvalue weighted by molar-refractivity contribution is 7.89. The van der Waals surface area contributed by atoms with Crippen LogP contribution in [0.15, 0.2) is 29.2 Å². The Morgan fingerprint density at radius 1 is 1.38 bits per heavy atom. The molecule has 0 aliphatic carbocycles. The van der Waals surface area contributed by atoms with Gasteiger partial charge in [-0.25, -0.2) is 17.1 Å². The third-order valence-corrected chi connectivity index (χ3v) is 6.07. The molecule has 1 heterocycles. The number of amides is 1. The molecule has 1 amide bonds. The van der Waals surface area contributed by atoms with Gasteiger partial charge in [0.25, 0.3) is 0 Å². The molecule has 0 spiro atoms. The molecule has 1 fully saturated rings. The van der Waals surface area contributed by atoms with E-state index in [2.05, 4.69) is 0 Å². The molecule has 1 saturated heterocycles. The lowest BCUT2D eigenvalue weighted by Crippen LogP contribution is -2.45. The molecule has 0 radical (unpaired) electrons. The SMILES string of the molecule is CN(CCCC(=O)N1CCCC(N)C1)S(=O)(=O)c1ccc(F)cc1. The van der Waals surface area contributed by atoms with E-state index < -0.39 is 15.8 Å². The molecule has 1 aromatic rings. The quantitative estimate of drug-likeness (QED) is 0.828. The lowest BCUT2D eigenvalue weighted by molar-refractivity contribution is -0.132. The molecule has 0 aromatic heterocycles. The van der Waals surface area contributed by atoms with Gasteiger partial charge >= 0.3 is 0 Å². The summed E-state index contributed by atoms with van der Waals surface area (Å²) >= 11 is 0.